The lowest BCUT2D eigenvalue weighted by Crippen LogP contribution is -2.29. The number of aromatic nitrogens is 2. The lowest BCUT2D eigenvalue weighted by Gasteiger charge is -2.18. The van der Waals surface area contributed by atoms with Gasteiger partial charge in [-0.05, 0) is 36.2 Å². The van der Waals surface area contributed by atoms with Gasteiger partial charge in [-0.2, -0.15) is 18.2 Å². The van der Waals surface area contributed by atoms with Crippen molar-refractivity contribution in [1.82, 2.24) is 14.1 Å². The van der Waals surface area contributed by atoms with E-state index in [0.29, 0.717) is 5.69 Å². The number of sulfonamides is 1. The summed E-state index contributed by atoms with van der Waals surface area (Å²) in [6.07, 6.45) is -0.232. The molecule has 3 aromatic rings. The Hall–Kier alpha value is -3.05. The predicted octanol–water partition coefficient (Wildman–Crippen LogP) is 3.15. The highest BCUT2D eigenvalue weighted by Gasteiger charge is 2.39. The summed E-state index contributed by atoms with van der Waals surface area (Å²) in [5.41, 5.74) is 1.17. The van der Waals surface area contributed by atoms with Crippen LogP contribution in [0.3, 0.4) is 0 Å². The van der Waals surface area contributed by atoms with Crippen molar-refractivity contribution in [3.05, 3.63) is 54.2 Å². The van der Waals surface area contributed by atoms with E-state index in [9.17, 15) is 27.1 Å². The molecule has 0 radical (unpaired) electrons. The van der Waals surface area contributed by atoms with Gasteiger partial charge in [0.25, 0.3) is 0 Å². The number of rotatable bonds is 7. The molecule has 1 aromatic heterocycles. The quantitative estimate of drug-likeness (QED) is 0.575. The fourth-order valence-electron chi connectivity index (χ4n) is 4.04. The Bertz CT molecular complexity index is 1240. The second kappa shape index (κ2) is 8.47. The van der Waals surface area contributed by atoms with Crippen molar-refractivity contribution in [3.63, 3.8) is 0 Å². The third-order valence-corrected chi connectivity index (χ3v) is 7.39. The zero-order valence-electron chi connectivity index (χ0n) is 17.1. The number of fused-ring (bicyclic) bond motifs is 1. The van der Waals surface area contributed by atoms with E-state index in [1.807, 2.05) is 19.1 Å². The monoisotopic (exact) mass is 465 g/mol. The maximum atomic E-state index is 13.1. The molecule has 1 aliphatic rings. The first-order valence-electron chi connectivity index (χ1n) is 9.89. The molecule has 0 unspecified atom stereocenters. The minimum absolute atomic E-state index is 0.0242. The molecule has 1 N–H and O–H groups in total. The van der Waals surface area contributed by atoms with E-state index < -0.39 is 22.6 Å². The van der Waals surface area contributed by atoms with E-state index in [1.54, 1.807) is 16.8 Å². The number of nitrogens with zero attached hydrogens (tertiary/aromatic N) is 3. The van der Waals surface area contributed by atoms with Gasteiger partial charge in [-0.15, -0.1) is 0 Å². The number of hydrogen-bond donors (Lipinski definition) is 1. The Labute approximate surface area is 183 Å². The average Bonchev–Trinajstić information content (AvgIpc) is 3.29. The Balaban J connectivity index is 1.62. The van der Waals surface area contributed by atoms with Gasteiger partial charge in [0.1, 0.15) is 5.75 Å². The maximum Gasteiger partial charge on any atom is 0.387 e. The largest absolute Gasteiger partial charge is 0.481 e. The molecule has 0 bridgehead atoms. The van der Waals surface area contributed by atoms with E-state index in [2.05, 4.69) is 9.84 Å². The third-order valence-electron chi connectivity index (χ3n) is 5.55. The maximum absolute atomic E-state index is 13.1. The summed E-state index contributed by atoms with van der Waals surface area (Å²) in [5.74, 6) is -1.21. The lowest BCUT2D eigenvalue weighted by molar-refractivity contribution is -0.136. The minimum atomic E-state index is -3.87. The van der Waals surface area contributed by atoms with E-state index in [1.165, 1.54) is 28.6 Å². The summed E-state index contributed by atoms with van der Waals surface area (Å²) < 4.78 is 58.3. The fourth-order valence-corrected chi connectivity index (χ4v) is 5.60. The zero-order valence-corrected chi connectivity index (χ0v) is 17.9. The molecule has 4 rings (SSSR count). The lowest BCUT2D eigenvalue weighted by atomic mass is 10.1. The predicted molar refractivity (Wildman–Crippen MR) is 111 cm³/mol. The van der Waals surface area contributed by atoms with Gasteiger partial charge in [0, 0.05) is 18.5 Å². The van der Waals surface area contributed by atoms with Crippen LogP contribution < -0.4 is 4.74 Å². The van der Waals surface area contributed by atoms with Crippen LogP contribution in [0.25, 0.3) is 10.9 Å². The molecule has 2 aromatic carbocycles. The molecule has 8 nitrogen and oxygen atoms in total. The number of ether oxygens (including phenoxy) is 1. The van der Waals surface area contributed by atoms with Crippen molar-refractivity contribution < 1.29 is 31.8 Å². The molecule has 1 saturated heterocycles. The van der Waals surface area contributed by atoms with Gasteiger partial charge in [0.05, 0.1) is 28.6 Å². The van der Waals surface area contributed by atoms with E-state index >= 15 is 0 Å². The molecule has 32 heavy (non-hydrogen) atoms. The first-order valence-corrected chi connectivity index (χ1v) is 11.3. The third kappa shape index (κ3) is 4.17. The fraction of sp³-hybridized carbons (Fsp3) is 0.333. The van der Waals surface area contributed by atoms with Crippen LogP contribution in [0.1, 0.15) is 18.7 Å². The number of halogens is 2. The van der Waals surface area contributed by atoms with Crippen LogP contribution in [-0.2, 0) is 21.2 Å². The highest BCUT2D eigenvalue weighted by Crippen LogP contribution is 2.34. The number of alkyl halides is 2. The van der Waals surface area contributed by atoms with Crippen molar-refractivity contribution in [2.24, 2.45) is 5.92 Å². The first-order chi connectivity index (χ1) is 15.2. The minimum Gasteiger partial charge on any atom is -0.481 e. The van der Waals surface area contributed by atoms with Crippen LogP contribution in [0, 0.1) is 5.92 Å². The van der Waals surface area contributed by atoms with Crippen LogP contribution in [-0.4, -0.2) is 53.3 Å². The second-order valence-corrected chi connectivity index (χ2v) is 9.63. The molecule has 0 aliphatic carbocycles. The standard InChI is InChI=1S/C21H21F2N3O5S/c1-13-11-25(32(29,30)15-8-6-14(7-9-15)31-21(22)23)12-19(13)26-18-5-3-2-4-16(18)17(24-26)10-20(27)28/h2-9,13,19,21H,10-12H2,1H3,(H,27,28)/t13-,19-/m0/s1. The topological polar surface area (TPSA) is 102 Å². The second-order valence-electron chi connectivity index (χ2n) is 7.70. The van der Waals surface area contributed by atoms with Crippen LogP contribution in [0.15, 0.2) is 53.4 Å². The van der Waals surface area contributed by atoms with E-state index in [-0.39, 0.29) is 42.1 Å². The number of carboxylic acids is 1. The Morgan fingerprint density at radius 1 is 1.19 bits per heavy atom. The molecule has 11 heteroatoms. The molecule has 2 heterocycles. The molecular weight excluding hydrogens is 444 g/mol. The van der Waals surface area contributed by atoms with E-state index in [4.69, 9.17) is 0 Å². The summed E-state index contributed by atoms with van der Waals surface area (Å²) in [4.78, 5) is 11.2. The summed E-state index contributed by atoms with van der Waals surface area (Å²) in [6.45, 7) is -0.693. The van der Waals surface area contributed by atoms with E-state index in [0.717, 1.165) is 10.9 Å². The average molecular weight is 465 g/mol. The number of carboxylic acid groups (broad SMARTS) is 1. The summed E-state index contributed by atoms with van der Waals surface area (Å²) >= 11 is 0. The molecule has 0 amide bonds. The van der Waals surface area contributed by atoms with Crippen molar-refractivity contribution in [3.8, 4) is 5.75 Å². The highest BCUT2D eigenvalue weighted by molar-refractivity contribution is 7.89. The van der Waals surface area contributed by atoms with Gasteiger partial charge in [-0.1, -0.05) is 25.1 Å². The normalized spacial score (nSPS) is 19.6. The van der Waals surface area contributed by atoms with Crippen molar-refractivity contribution >= 4 is 26.9 Å². The molecular formula is C21H21F2N3O5S. The molecule has 2 atom stereocenters. The summed E-state index contributed by atoms with van der Waals surface area (Å²) in [7, 11) is -3.87. The van der Waals surface area contributed by atoms with Crippen molar-refractivity contribution in [2.45, 2.75) is 30.9 Å². The smallest absolute Gasteiger partial charge is 0.387 e. The van der Waals surface area contributed by atoms with Crippen LogP contribution in [0.5, 0.6) is 5.75 Å². The first kappa shape index (κ1) is 22.2. The van der Waals surface area contributed by atoms with Gasteiger partial charge in [-0.3, -0.25) is 9.48 Å². The van der Waals surface area contributed by atoms with Crippen molar-refractivity contribution in [2.75, 3.05) is 13.1 Å². The van der Waals surface area contributed by atoms with Gasteiger partial charge in [0.15, 0.2) is 0 Å². The SMILES string of the molecule is C[C@H]1CN(S(=O)(=O)c2ccc(OC(F)F)cc2)C[C@@H]1n1nc(CC(=O)O)c2ccccc21. The number of aliphatic carboxylic acids is 1. The highest BCUT2D eigenvalue weighted by atomic mass is 32.2. The molecule has 1 fully saturated rings. The van der Waals surface area contributed by atoms with Gasteiger partial charge >= 0.3 is 12.6 Å². The number of carbonyl (C=O) groups is 1. The number of benzene rings is 2. The van der Waals surface area contributed by atoms with Crippen LogP contribution in [0.4, 0.5) is 8.78 Å². The van der Waals surface area contributed by atoms with Gasteiger partial charge < -0.3 is 9.84 Å². The Morgan fingerprint density at radius 2 is 1.88 bits per heavy atom. The van der Waals surface area contributed by atoms with Crippen LogP contribution >= 0.6 is 0 Å². The molecule has 170 valence electrons. The Kier molecular flexibility index (Phi) is 5.87. The number of hydrogen-bond acceptors (Lipinski definition) is 5. The zero-order chi connectivity index (χ0) is 23.0. The summed E-state index contributed by atoms with van der Waals surface area (Å²) in [6, 6.07) is 11.8. The molecule has 1 aliphatic heterocycles. The van der Waals surface area contributed by atoms with Crippen molar-refractivity contribution in [1.29, 1.82) is 0 Å². The Morgan fingerprint density at radius 3 is 2.53 bits per heavy atom. The van der Waals surface area contributed by atoms with Gasteiger partial charge in [0.2, 0.25) is 10.0 Å². The molecule has 0 saturated carbocycles. The molecule has 0 spiro atoms. The van der Waals surface area contributed by atoms with Gasteiger partial charge in [-0.25, -0.2) is 8.42 Å². The summed E-state index contributed by atoms with van der Waals surface area (Å²) in [5, 5.41) is 14.4. The van der Waals surface area contributed by atoms with Crippen LogP contribution in [0.2, 0.25) is 0 Å². The number of para-hydroxylation sites is 1.